The first-order chi connectivity index (χ1) is 9.97. The summed E-state index contributed by atoms with van der Waals surface area (Å²) in [5, 5.41) is 0. The van der Waals surface area contributed by atoms with E-state index in [1.54, 1.807) is 18.2 Å². The zero-order valence-electron chi connectivity index (χ0n) is 12.3. The Labute approximate surface area is 124 Å². The van der Waals surface area contributed by atoms with Gasteiger partial charge in [-0.1, -0.05) is 24.3 Å². The lowest BCUT2D eigenvalue weighted by atomic mass is 9.99. The van der Waals surface area contributed by atoms with Crippen molar-refractivity contribution in [1.29, 1.82) is 0 Å². The molecule has 0 spiro atoms. The van der Waals surface area contributed by atoms with Gasteiger partial charge < -0.3 is 5.73 Å². The van der Waals surface area contributed by atoms with Crippen LogP contribution >= 0.6 is 0 Å². The van der Waals surface area contributed by atoms with E-state index in [2.05, 4.69) is 0 Å². The first kappa shape index (κ1) is 15.6. The largest absolute Gasteiger partial charge is 0.326 e. The lowest BCUT2D eigenvalue weighted by molar-refractivity contribution is 0.210. The normalized spacial score (nSPS) is 14.2. The molecule has 0 heterocycles. The van der Waals surface area contributed by atoms with Crippen LogP contribution in [-0.2, 0) is 6.54 Å². The first-order valence-corrected chi connectivity index (χ1v) is 6.93. The summed E-state index contributed by atoms with van der Waals surface area (Å²) in [6.07, 6.45) is 0. The molecule has 4 heteroatoms. The monoisotopic (exact) mass is 290 g/mol. The molecule has 0 aliphatic heterocycles. The van der Waals surface area contributed by atoms with Crippen molar-refractivity contribution < 1.29 is 8.78 Å². The molecule has 0 saturated heterocycles. The lowest BCUT2D eigenvalue weighted by Crippen LogP contribution is -2.37. The number of hydrogen-bond donors (Lipinski definition) is 1. The highest BCUT2D eigenvalue weighted by Crippen LogP contribution is 2.24. The minimum Gasteiger partial charge on any atom is -0.326 e. The summed E-state index contributed by atoms with van der Waals surface area (Å²) in [6, 6.07) is 12.6. The Morgan fingerprint density at radius 2 is 1.71 bits per heavy atom. The Balaban J connectivity index is 2.19. The molecule has 2 unspecified atom stereocenters. The molecular weight excluding hydrogens is 270 g/mol. The van der Waals surface area contributed by atoms with E-state index >= 15 is 0 Å². The fourth-order valence-corrected chi connectivity index (χ4v) is 2.63. The highest BCUT2D eigenvalue weighted by molar-refractivity contribution is 5.22. The smallest absolute Gasteiger partial charge is 0.123 e. The van der Waals surface area contributed by atoms with E-state index in [0.29, 0.717) is 6.54 Å². The van der Waals surface area contributed by atoms with Crippen LogP contribution in [0.15, 0.2) is 48.5 Å². The predicted molar refractivity (Wildman–Crippen MR) is 80.7 cm³/mol. The van der Waals surface area contributed by atoms with E-state index < -0.39 is 0 Å². The van der Waals surface area contributed by atoms with E-state index in [4.69, 9.17) is 5.73 Å². The van der Waals surface area contributed by atoms with Crippen molar-refractivity contribution in [2.75, 3.05) is 7.05 Å². The van der Waals surface area contributed by atoms with Crippen molar-refractivity contribution >= 4 is 0 Å². The molecule has 2 rings (SSSR count). The summed E-state index contributed by atoms with van der Waals surface area (Å²) in [5.41, 5.74) is 7.90. The average molecular weight is 290 g/mol. The summed E-state index contributed by atoms with van der Waals surface area (Å²) in [4.78, 5) is 2.05. The SMILES string of the molecule is CC(N)C(c1cccc(F)c1)N(C)Cc1ccc(F)cc1. The Hall–Kier alpha value is -1.78. The Kier molecular flexibility index (Phi) is 5.04. The molecule has 2 atom stereocenters. The van der Waals surface area contributed by atoms with E-state index in [9.17, 15) is 8.78 Å². The van der Waals surface area contributed by atoms with Gasteiger partial charge in [-0.3, -0.25) is 4.90 Å². The number of benzene rings is 2. The third-order valence-corrected chi connectivity index (χ3v) is 3.51. The molecule has 2 N–H and O–H groups in total. The van der Waals surface area contributed by atoms with Crippen molar-refractivity contribution in [2.45, 2.75) is 25.6 Å². The standard InChI is InChI=1S/C17H20F2N2/c1-12(20)17(14-4-3-5-16(19)10-14)21(2)11-13-6-8-15(18)9-7-13/h3-10,12,17H,11,20H2,1-2H3. The molecule has 0 bridgehead atoms. The molecule has 21 heavy (non-hydrogen) atoms. The van der Waals surface area contributed by atoms with E-state index in [0.717, 1.165) is 11.1 Å². The van der Waals surface area contributed by atoms with E-state index in [-0.39, 0.29) is 23.7 Å². The first-order valence-electron chi connectivity index (χ1n) is 6.93. The van der Waals surface area contributed by atoms with Crippen LogP contribution in [0.1, 0.15) is 24.1 Å². The van der Waals surface area contributed by atoms with Gasteiger partial charge in [0.1, 0.15) is 11.6 Å². The van der Waals surface area contributed by atoms with Gasteiger partial charge in [0.25, 0.3) is 0 Å². The minimum absolute atomic E-state index is 0.106. The van der Waals surface area contributed by atoms with Crippen molar-refractivity contribution in [1.82, 2.24) is 4.90 Å². The highest BCUT2D eigenvalue weighted by Gasteiger charge is 2.21. The van der Waals surface area contributed by atoms with E-state index in [1.807, 2.05) is 24.9 Å². The molecule has 112 valence electrons. The summed E-state index contributed by atoms with van der Waals surface area (Å²) >= 11 is 0. The van der Waals surface area contributed by atoms with E-state index in [1.165, 1.54) is 24.3 Å². The zero-order chi connectivity index (χ0) is 15.4. The quantitative estimate of drug-likeness (QED) is 0.913. The van der Waals surface area contributed by atoms with Crippen LogP contribution in [0.5, 0.6) is 0 Å². The third-order valence-electron chi connectivity index (χ3n) is 3.51. The van der Waals surface area contributed by atoms with Crippen LogP contribution in [0.4, 0.5) is 8.78 Å². The van der Waals surface area contributed by atoms with Crippen LogP contribution in [0.25, 0.3) is 0 Å². The second-order valence-electron chi connectivity index (χ2n) is 5.40. The van der Waals surface area contributed by atoms with Crippen molar-refractivity contribution in [3.63, 3.8) is 0 Å². The topological polar surface area (TPSA) is 29.3 Å². The van der Waals surface area contributed by atoms with Gasteiger partial charge >= 0.3 is 0 Å². The predicted octanol–water partition coefficient (Wildman–Crippen LogP) is 3.49. The van der Waals surface area contributed by atoms with Gasteiger partial charge in [-0.05, 0) is 49.4 Å². The number of rotatable bonds is 5. The summed E-state index contributed by atoms with van der Waals surface area (Å²) in [6.45, 7) is 2.51. The van der Waals surface area contributed by atoms with Crippen molar-refractivity contribution in [3.8, 4) is 0 Å². The number of nitrogens with two attached hydrogens (primary N) is 1. The molecule has 0 aliphatic carbocycles. The van der Waals surface area contributed by atoms with Crippen LogP contribution < -0.4 is 5.73 Å². The molecule has 0 amide bonds. The summed E-state index contributed by atoms with van der Waals surface area (Å²) in [7, 11) is 1.93. The Morgan fingerprint density at radius 1 is 1.05 bits per heavy atom. The summed E-state index contributed by atoms with van der Waals surface area (Å²) < 4.78 is 26.4. The van der Waals surface area contributed by atoms with Crippen molar-refractivity contribution in [2.24, 2.45) is 5.73 Å². The highest BCUT2D eigenvalue weighted by atomic mass is 19.1. The number of hydrogen-bond acceptors (Lipinski definition) is 2. The number of halogens is 2. The molecule has 2 aromatic rings. The average Bonchev–Trinajstić information content (AvgIpc) is 2.41. The minimum atomic E-state index is -0.270. The molecule has 0 radical (unpaired) electrons. The van der Waals surface area contributed by atoms with Crippen LogP contribution in [0, 0.1) is 11.6 Å². The zero-order valence-corrected chi connectivity index (χ0v) is 12.3. The fourth-order valence-electron chi connectivity index (χ4n) is 2.63. The molecule has 0 aliphatic rings. The Morgan fingerprint density at radius 3 is 2.29 bits per heavy atom. The molecule has 2 nitrogen and oxygen atoms in total. The third kappa shape index (κ3) is 4.09. The van der Waals surface area contributed by atoms with Crippen LogP contribution in [-0.4, -0.2) is 18.0 Å². The maximum atomic E-state index is 13.4. The molecule has 0 fully saturated rings. The molecular formula is C17H20F2N2. The van der Waals surface area contributed by atoms with Gasteiger partial charge in [-0.15, -0.1) is 0 Å². The second-order valence-corrected chi connectivity index (χ2v) is 5.40. The fraction of sp³-hybridized carbons (Fsp3) is 0.294. The molecule has 0 saturated carbocycles. The van der Waals surface area contributed by atoms with Gasteiger partial charge in [0.05, 0.1) is 0 Å². The maximum absolute atomic E-state index is 13.4. The Bertz CT molecular complexity index is 582. The molecule has 0 aromatic heterocycles. The van der Waals surface area contributed by atoms with Gasteiger partial charge in [-0.25, -0.2) is 8.78 Å². The maximum Gasteiger partial charge on any atom is 0.123 e. The lowest BCUT2D eigenvalue weighted by Gasteiger charge is -2.31. The number of nitrogens with zero attached hydrogens (tertiary/aromatic N) is 1. The van der Waals surface area contributed by atoms with Crippen molar-refractivity contribution in [3.05, 3.63) is 71.3 Å². The number of likely N-dealkylation sites (N-methyl/N-ethyl adjacent to an activating group) is 1. The van der Waals surface area contributed by atoms with Crippen LogP contribution in [0.2, 0.25) is 0 Å². The second kappa shape index (κ2) is 6.78. The molecule has 2 aromatic carbocycles. The van der Waals surface area contributed by atoms with Gasteiger partial charge in [0.2, 0.25) is 0 Å². The van der Waals surface area contributed by atoms with Crippen LogP contribution in [0.3, 0.4) is 0 Å². The van der Waals surface area contributed by atoms with Gasteiger partial charge in [0, 0.05) is 18.6 Å². The summed E-state index contributed by atoms with van der Waals surface area (Å²) in [5.74, 6) is -0.524. The van der Waals surface area contributed by atoms with Gasteiger partial charge in [-0.2, -0.15) is 0 Å². The van der Waals surface area contributed by atoms with Gasteiger partial charge in [0.15, 0.2) is 0 Å².